The average molecular weight is 299 g/mol. The quantitative estimate of drug-likeness (QED) is 0.920. The van der Waals surface area contributed by atoms with Gasteiger partial charge in [0, 0.05) is 17.2 Å². The van der Waals surface area contributed by atoms with Crippen LogP contribution in [0.25, 0.3) is 0 Å². The van der Waals surface area contributed by atoms with Crippen LogP contribution in [0.3, 0.4) is 0 Å². The van der Waals surface area contributed by atoms with E-state index in [4.69, 9.17) is 21.0 Å². The Bertz CT molecular complexity index is 542. The van der Waals surface area contributed by atoms with E-state index in [0.29, 0.717) is 5.22 Å². The fourth-order valence-corrected chi connectivity index (χ4v) is 3.00. The molecule has 3 nitrogen and oxygen atoms in total. The number of thiazole rings is 1. The molecule has 0 bridgehead atoms. The molecule has 0 spiro atoms. The highest BCUT2D eigenvalue weighted by molar-refractivity contribution is 7.09. The number of hydrogen-bond donors (Lipinski definition) is 1. The molecule has 1 N–H and O–H groups in total. The Balaban J connectivity index is 2.13. The van der Waals surface area contributed by atoms with Gasteiger partial charge in [0.25, 0.3) is 0 Å². The van der Waals surface area contributed by atoms with Crippen molar-refractivity contribution >= 4 is 22.9 Å². The minimum atomic E-state index is 0.0951. The van der Waals surface area contributed by atoms with Crippen molar-refractivity contribution in [3.05, 3.63) is 39.2 Å². The molecule has 1 unspecified atom stereocenters. The first kappa shape index (κ1) is 14.6. The van der Waals surface area contributed by atoms with Crippen molar-refractivity contribution in [1.82, 2.24) is 10.3 Å². The molecule has 0 radical (unpaired) electrons. The fourth-order valence-electron chi connectivity index (χ4n) is 1.78. The molecule has 19 heavy (non-hydrogen) atoms. The van der Waals surface area contributed by atoms with Crippen LogP contribution in [0, 0.1) is 0 Å². The van der Waals surface area contributed by atoms with Crippen LogP contribution in [0.15, 0.2) is 21.9 Å². The van der Waals surface area contributed by atoms with Crippen LogP contribution in [-0.2, 0) is 11.8 Å². The third-order valence-corrected chi connectivity index (χ3v) is 4.06. The Labute approximate surface area is 123 Å². The molecule has 104 valence electrons. The molecule has 2 aromatic heterocycles. The number of rotatable bonds is 4. The number of hydrogen-bond acceptors (Lipinski definition) is 4. The van der Waals surface area contributed by atoms with Crippen molar-refractivity contribution in [3.63, 3.8) is 0 Å². The molecule has 0 aliphatic carbocycles. The molecule has 1 atom stereocenters. The molecule has 0 aliphatic heterocycles. The van der Waals surface area contributed by atoms with Crippen molar-refractivity contribution < 1.29 is 4.42 Å². The first-order valence-corrected chi connectivity index (χ1v) is 7.53. The van der Waals surface area contributed by atoms with E-state index >= 15 is 0 Å². The lowest BCUT2D eigenvalue weighted by molar-refractivity contribution is 0.429. The van der Waals surface area contributed by atoms with E-state index in [1.165, 1.54) is 0 Å². The van der Waals surface area contributed by atoms with Gasteiger partial charge in [0.15, 0.2) is 5.22 Å². The summed E-state index contributed by atoms with van der Waals surface area (Å²) in [7, 11) is 1.92. The molecule has 2 heterocycles. The number of aromatic nitrogens is 1. The van der Waals surface area contributed by atoms with E-state index in [-0.39, 0.29) is 11.5 Å². The maximum atomic E-state index is 5.82. The molecule has 2 rings (SSSR count). The Morgan fingerprint density at radius 1 is 1.42 bits per heavy atom. The van der Waals surface area contributed by atoms with Crippen molar-refractivity contribution in [2.45, 2.75) is 38.6 Å². The van der Waals surface area contributed by atoms with E-state index in [0.717, 1.165) is 22.9 Å². The highest BCUT2D eigenvalue weighted by Crippen LogP contribution is 2.27. The normalized spacial score (nSPS) is 13.7. The SMILES string of the molecule is CNC(Cc1nc(C(C)(C)C)cs1)c1ccc(Cl)o1. The van der Waals surface area contributed by atoms with Crippen LogP contribution in [0.2, 0.25) is 5.22 Å². The Morgan fingerprint density at radius 3 is 2.63 bits per heavy atom. The summed E-state index contributed by atoms with van der Waals surface area (Å²) in [5.41, 5.74) is 1.23. The molecule has 5 heteroatoms. The van der Waals surface area contributed by atoms with E-state index in [1.54, 1.807) is 17.4 Å². The predicted octanol–water partition coefficient (Wildman–Crippen LogP) is 4.19. The topological polar surface area (TPSA) is 38.1 Å². The third-order valence-electron chi connectivity index (χ3n) is 2.98. The highest BCUT2D eigenvalue weighted by atomic mass is 35.5. The van der Waals surface area contributed by atoms with Crippen molar-refractivity contribution in [2.24, 2.45) is 0 Å². The molecule has 0 amide bonds. The Hall–Kier alpha value is -0.840. The van der Waals surface area contributed by atoms with Gasteiger partial charge in [0.1, 0.15) is 5.76 Å². The Morgan fingerprint density at radius 2 is 2.16 bits per heavy atom. The minimum Gasteiger partial charge on any atom is -0.448 e. The summed E-state index contributed by atoms with van der Waals surface area (Å²) in [4.78, 5) is 4.71. The second-order valence-electron chi connectivity index (χ2n) is 5.56. The molecule has 0 saturated carbocycles. The lowest BCUT2D eigenvalue weighted by atomic mass is 9.93. The summed E-state index contributed by atoms with van der Waals surface area (Å²) in [6.45, 7) is 6.52. The molecule has 0 saturated heterocycles. The zero-order chi connectivity index (χ0) is 14.0. The second-order valence-corrected chi connectivity index (χ2v) is 6.88. The first-order chi connectivity index (χ1) is 8.90. The standard InChI is InChI=1S/C14H19ClN2OS/c1-14(2,3)11-8-19-13(17-11)7-9(16-4)10-5-6-12(15)18-10/h5-6,8-9,16H,7H2,1-4H3. The molecule has 2 aromatic rings. The van der Waals surface area contributed by atoms with Crippen LogP contribution < -0.4 is 5.32 Å². The van der Waals surface area contributed by atoms with Crippen molar-refractivity contribution in [3.8, 4) is 0 Å². The zero-order valence-electron chi connectivity index (χ0n) is 11.7. The van der Waals surface area contributed by atoms with Gasteiger partial charge in [0.2, 0.25) is 0 Å². The van der Waals surface area contributed by atoms with Crippen LogP contribution in [0.4, 0.5) is 0 Å². The average Bonchev–Trinajstić information content (AvgIpc) is 2.94. The van der Waals surface area contributed by atoms with Gasteiger partial charge in [-0.3, -0.25) is 0 Å². The van der Waals surface area contributed by atoms with Gasteiger partial charge in [-0.25, -0.2) is 4.98 Å². The number of likely N-dealkylation sites (N-methyl/N-ethyl adjacent to an activating group) is 1. The number of halogens is 1. The summed E-state index contributed by atoms with van der Waals surface area (Å²) < 4.78 is 5.46. The van der Waals surface area contributed by atoms with Gasteiger partial charge in [-0.2, -0.15) is 0 Å². The van der Waals surface area contributed by atoms with Crippen LogP contribution >= 0.6 is 22.9 Å². The summed E-state index contributed by atoms with van der Waals surface area (Å²) in [5.74, 6) is 0.847. The monoisotopic (exact) mass is 298 g/mol. The highest BCUT2D eigenvalue weighted by Gasteiger charge is 2.20. The fraction of sp³-hybridized carbons (Fsp3) is 0.500. The van der Waals surface area contributed by atoms with E-state index < -0.39 is 0 Å². The summed E-state index contributed by atoms with van der Waals surface area (Å²) in [5, 5.41) is 6.91. The third kappa shape index (κ3) is 3.59. The molecular weight excluding hydrogens is 280 g/mol. The largest absolute Gasteiger partial charge is 0.448 e. The van der Waals surface area contributed by atoms with Gasteiger partial charge in [-0.1, -0.05) is 20.8 Å². The van der Waals surface area contributed by atoms with Crippen LogP contribution in [0.5, 0.6) is 0 Å². The van der Waals surface area contributed by atoms with Crippen molar-refractivity contribution in [2.75, 3.05) is 7.05 Å². The van der Waals surface area contributed by atoms with Gasteiger partial charge in [-0.15, -0.1) is 11.3 Å². The van der Waals surface area contributed by atoms with E-state index in [2.05, 4.69) is 31.5 Å². The van der Waals surface area contributed by atoms with Gasteiger partial charge < -0.3 is 9.73 Å². The smallest absolute Gasteiger partial charge is 0.193 e. The predicted molar refractivity (Wildman–Crippen MR) is 80.0 cm³/mol. The number of nitrogens with zero attached hydrogens (tertiary/aromatic N) is 1. The Kier molecular flexibility index (Phi) is 4.33. The zero-order valence-corrected chi connectivity index (χ0v) is 13.2. The summed E-state index contributed by atoms with van der Waals surface area (Å²) in [6, 6.07) is 3.78. The first-order valence-electron chi connectivity index (χ1n) is 6.27. The maximum Gasteiger partial charge on any atom is 0.193 e. The van der Waals surface area contributed by atoms with Gasteiger partial charge in [0.05, 0.1) is 16.7 Å². The number of nitrogens with one attached hydrogen (secondary N) is 1. The molecule has 0 aromatic carbocycles. The van der Waals surface area contributed by atoms with Gasteiger partial charge >= 0.3 is 0 Å². The maximum absolute atomic E-state index is 5.82. The lowest BCUT2D eigenvalue weighted by Gasteiger charge is -2.15. The van der Waals surface area contributed by atoms with Crippen LogP contribution in [0.1, 0.15) is 43.3 Å². The second kappa shape index (κ2) is 5.65. The van der Waals surface area contributed by atoms with E-state index in [1.807, 2.05) is 13.1 Å². The molecule has 0 aliphatic rings. The summed E-state index contributed by atoms with van der Waals surface area (Å²) >= 11 is 7.52. The van der Waals surface area contributed by atoms with E-state index in [9.17, 15) is 0 Å². The van der Waals surface area contributed by atoms with Gasteiger partial charge in [-0.05, 0) is 30.8 Å². The molecule has 0 fully saturated rings. The minimum absolute atomic E-state index is 0.0951. The van der Waals surface area contributed by atoms with Crippen molar-refractivity contribution in [1.29, 1.82) is 0 Å². The lowest BCUT2D eigenvalue weighted by Crippen LogP contribution is -2.18. The molecular formula is C14H19ClN2OS. The van der Waals surface area contributed by atoms with Crippen LogP contribution in [-0.4, -0.2) is 12.0 Å². The number of furan rings is 1. The summed E-state index contributed by atoms with van der Waals surface area (Å²) in [6.07, 6.45) is 0.807.